The Morgan fingerprint density at radius 3 is 2.75 bits per heavy atom. The van der Waals surface area contributed by atoms with E-state index in [4.69, 9.17) is 17.0 Å². The topological polar surface area (TPSA) is 71.9 Å². The number of hydrogen-bond acceptors (Lipinski definition) is 5. The number of nitrogens with one attached hydrogen (secondary N) is 2. The Morgan fingerprint density at radius 2 is 2.07 bits per heavy atom. The third kappa shape index (κ3) is 4.02. The van der Waals surface area contributed by atoms with E-state index in [1.165, 1.54) is 12.8 Å². The van der Waals surface area contributed by atoms with Crippen molar-refractivity contribution < 1.29 is 9.53 Å². The molecule has 1 aliphatic carbocycles. The van der Waals surface area contributed by atoms with Crippen LogP contribution in [0.15, 0.2) is 41.8 Å². The van der Waals surface area contributed by atoms with Gasteiger partial charge in [-0.2, -0.15) is 5.10 Å². The lowest BCUT2D eigenvalue weighted by atomic mass is 10.2. The van der Waals surface area contributed by atoms with Crippen molar-refractivity contribution in [1.29, 1.82) is 0 Å². The van der Waals surface area contributed by atoms with Crippen LogP contribution in [0.4, 0.5) is 5.69 Å². The molecule has 3 aromatic rings. The van der Waals surface area contributed by atoms with Gasteiger partial charge in [-0.05, 0) is 80.5 Å². The average Bonchev–Trinajstić information content (AvgIpc) is 3.44. The van der Waals surface area contributed by atoms with Crippen molar-refractivity contribution >= 4 is 35.1 Å². The summed E-state index contributed by atoms with van der Waals surface area (Å²) in [5.41, 5.74) is 0.725. The van der Waals surface area contributed by atoms with Crippen LogP contribution in [0.25, 0.3) is 10.7 Å². The number of benzene rings is 1. The molecular formula is C20H22N4O2S2. The average molecular weight is 415 g/mol. The number of anilines is 1. The van der Waals surface area contributed by atoms with Crippen LogP contribution in [0.1, 0.15) is 38.6 Å². The second-order valence-corrected chi connectivity index (χ2v) is 8.25. The Labute approximate surface area is 172 Å². The number of carbonyl (C=O) groups excluding carboxylic acids is 1. The quantitative estimate of drug-likeness (QED) is 0.545. The first-order valence-corrected chi connectivity index (χ1v) is 10.7. The van der Waals surface area contributed by atoms with Crippen molar-refractivity contribution in [2.24, 2.45) is 0 Å². The number of amides is 1. The van der Waals surface area contributed by atoms with Gasteiger partial charge in [0.25, 0.3) is 0 Å². The molecule has 0 saturated heterocycles. The van der Waals surface area contributed by atoms with Gasteiger partial charge in [-0.1, -0.05) is 6.07 Å². The zero-order valence-corrected chi connectivity index (χ0v) is 17.2. The molecule has 1 aromatic carbocycles. The summed E-state index contributed by atoms with van der Waals surface area (Å²) in [5.74, 6) is 1.36. The highest BCUT2D eigenvalue weighted by atomic mass is 32.1. The first kappa shape index (κ1) is 18.9. The zero-order chi connectivity index (χ0) is 19.5. The van der Waals surface area contributed by atoms with E-state index in [0.717, 1.165) is 29.2 Å². The van der Waals surface area contributed by atoms with Crippen LogP contribution in [0.3, 0.4) is 0 Å². The Kier molecular flexibility index (Phi) is 5.59. The van der Waals surface area contributed by atoms with Crippen molar-refractivity contribution in [3.05, 3.63) is 46.5 Å². The maximum absolute atomic E-state index is 12.8. The molecule has 0 bridgehead atoms. The minimum absolute atomic E-state index is 0.153. The maximum atomic E-state index is 12.8. The van der Waals surface area contributed by atoms with Crippen LogP contribution >= 0.6 is 23.6 Å². The SMILES string of the molecule is C[C@H](C(=O)Nc1ccc(OC2CCCC2)cc1)n1c(-c2cccs2)n[nH]c1=S. The fraction of sp³-hybridized carbons (Fsp3) is 0.350. The fourth-order valence-corrected chi connectivity index (χ4v) is 4.42. The van der Waals surface area contributed by atoms with Gasteiger partial charge in [0, 0.05) is 5.69 Å². The Morgan fingerprint density at radius 1 is 1.32 bits per heavy atom. The summed E-state index contributed by atoms with van der Waals surface area (Å²) in [7, 11) is 0. The van der Waals surface area contributed by atoms with Crippen molar-refractivity contribution in [2.75, 3.05) is 5.32 Å². The Hall–Kier alpha value is -2.45. The lowest BCUT2D eigenvalue weighted by Crippen LogP contribution is -2.24. The van der Waals surface area contributed by atoms with E-state index in [1.54, 1.807) is 15.9 Å². The summed E-state index contributed by atoms with van der Waals surface area (Å²) in [5, 5.41) is 12.0. The van der Waals surface area contributed by atoms with Crippen LogP contribution in [-0.2, 0) is 4.79 Å². The number of carbonyl (C=O) groups is 1. The van der Waals surface area contributed by atoms with Gasteiger partial charge in [-0.15, -0.1) is 11.3 Å². The van der Waals surface area contributed by atoms with Gasteiger partial charge in [0.15, 0.2) is 10.6 Å². The molecule has 1 saturated carbocycles. The predicted molar refractivity (Wildman–Crippen MR) is 113 cm³/mol. The Balaban J connectivity index is 1.45. The predicted octanol–water partition coefficient (Wildman–Crippen LogP) is 5.19. The summed E-state index contributed by atoms with van der Waals surface area (Å²) < 4.78 is 8.14. The molecule has 146 valence electrons. The van der Waals surface area contributed by atoms with E-state index in [2.05, 4.69) is 15.5 Å². The molecule has 8 heteroatoms. The molecule has 1 atom stereocenters. The minimum Gasteiger partial charge on any atom is -0.490 e. The highest BCUT2D eigenvalue weighted by Crippen LogP contribution is 2.27. The molecular weight excluding hydrogens is 392 g/mol. The summed E-state index contributed by atoms with van der Waals surface area (Å²) in [6.45, 7) is 1.81. The molecule has 0 radical (unpaired) electrons. The van der Waals surface area contributed by atoms with Gasteiger partial charge in [-0.25, -0.2) is 0 Å². The molecule has 0 unspecified atom stereocenters. The number of H-pyrrole nitrogens is 1. The molecule has 2 aromatic heterocycles. The summed E-state index contributed by atoms with van der Waals surface area (Å²) in [4.78, 5) is 13.8. The Bertz CT molecular complexity index is 986. The lowest BCUT2D eigenvalue weighted by Gasteiger charge is -2.16. The van der Waals surface area contributed by atoms with Gasteiger partial charge in [-0.3, -0.25) is 14.5 Å². The van der Waals surface area contributed by atoms with Gasteiger partial charge < -0.3 is 10.1 Å². The zero-order valence-electron chi connectivity index (χ0n) is 15.6. The minimum atomic E-state index is -0.502. The second kappa shape index (κ2) is 8.28. The molecule has 28 heavy (non-hydrogen) atoms. The molecule has 0 aliphatic heterocycles. The number of rotatable bonds is 6. The standard InChI is InChI=1S/C20H22N4O2S2/c1-13(24-18(22-23-20(24)27)17-7-4-12-28-17)19(25)21-14-8-10-16(11-9-14)26-15-5-2-3-6-15/h4,7-13,15H,2-3,5-6H2,1H3,(H,21,25)(H,23,27)/t13-/m1/s1. The van der Waals surface area contributed by atoms with Crippen molar-refractivity contribution in [2.45, 2.75) is 44.8 Å². The fourth-order valence-electron chi connectivity index (χ4n) is 3.42. The van der Waals surface area contributed by atoms with E-state index in [-0.39, 0.29) is 5.91 Å². The van der Waals surface area contributed by atoms with Crippen molar-refractivity contribution in [3.63, 3.8) is 0 Å². The molecule has 1 aliphatic rings. The molecule has 2 N–H and O–H groups in total. The molecule has 1 amide bonds. The van der Waals surface area contributed by atoms with E-state index < -0.39 is 6.04 Å². The van der Waals surface area contributed by atoms with Crippen LogP contribution < -0.4 is 10.1 Å². The molecule has 4 rings (SSSR count). The van der Waals surface area contributed by atoms with Gasteiger partial charge >= 0.3 is 0 Å². The number of nitrogens with zero attached hydrogens (tertiary/aromatic N) is 2. The highest BCUT2D eigenvalue weighted by Gasteiger charge is 2.21. The van der Waals surface area contributed by atoms with E-state index in [1.807, 2.05) is 48.7 Å². The van der Waals surface area contributed by atoms with Crippen molar-refractivity contribution in [1.82, 2.24) is 14.8 Å². The first-order chi connectivity index (χ1) is 13.6. The summed E-state index contributed by atoms with van der Waals surface area (Å²) in [6, 6.07) is 10.9. The number of aromatic amines is 1. The van der Waals surface area contributed by atoms with E-state index >= 15 is 0 Å². The second-order valence-electron chi connectivity index (χ2n) is 6.91. The van der Waals surface area contributed by atoms with E-state index in [9.17, 15) is 4.79 Å². The monoisotopic (exact) mass is 414 g/mol. The lowest BCUT2D eigenvalue weighted by molar-refractivity contribution is -0.118. The maximum Gasteiger partial charge on any atom is 0.247 e. The van der Waals surface area contributed by atoms with Crippen molar-refractivity contribution in [3.8, 4) is 16.5 Å². The van der Waals surface area contributed by atoms with Crippen LogP contribution in [0.5, 0.6) is 5.75 Å². The molecule has 1 fully saturated rings. The molecule has 2 heterocycles. The summed E-state index contributed by atoms with van der Waals surface area (Å²) >= 11 is 6.90. The molecule has 0 spiro atoms. The van der Waals surface area contributed by atoms with Crippen LogP contribution in [0.2, 0.25) is 0 Å². The summed E-state index contributed by atoms with van der Waals surface area (Å²) in [6.07, 6.45) is 5.03. The molecule has 6 nitrogen and oxygen atoms in total. The third-order valence-corrected chi connectivity index (χ3v) is 6.09. The largest absolute Gasteiger partial charge is 0.490 e. The first-order valence-electron chi connectivity index (χ1n) is 9.40. The van der Waals surface area contributed by atoms with Gasteiger partial charge in [0.1, 0.15) is 11.8 Å². The third-order valence-electron chi connectivity index (χ3n) is 4.94. The van der Waals surface area contributed by atoms with E-state index in [0.29, 0.717) is 16.7 Å². The highest BCUT2D eigenvalue weighted by molar-refractivity contribution is 7.71. The normalized spacial score (nSPS) is 15.5. The number of hydrogen-bond donors (Lipinski definition) is 2. The van der Waals surface area contributed by atoms with Gasteiger partial charge in [0.05, 0.1) is 11.0 Å². The van der Waals surface area contributed by atoms with Gasteiger partial charge in [0.2, 0.25) is 5.91 Å². The number of ether oxygens (including phenoxy) is 1. The smallest absolute Gasteiger partial charge is 0.247 e. The van der Waals surface area contributed by atoms with Crippen LogP contribution in [-0.4, -0.2) is 26.8 Å². The number of thiophene rings is 1. The number of aromatic nitrogens is 3. The van der Waals surface area contributed by atoms with Crippen LogP contribution in [0, 0.1) is 4.77 Å².